The number of aromatic nitrogens is 4. The molecule has 352 valence electrons. The first kappa shape index (κ1) is 70.1. The van der Waals surface area contributed by atoms with Crippen LogP contribution in [0.5, 0.6) is 0 Å². The summed E-state index contributed by atoms with van der Waals surface area (Å²) < 4.78 is 23.3. The normalized spacial score (nSPS) is 15.8. The fourth-order valence-electron chi connectivity index (χ4n) is 9.60. The Morgan fingerprint density at radius 1 is 0.667 bits per heavy atom. The van der Waals surface area contributed by atoms with E-state index in [0.29, 0.717) is 16.7 Å². The summed E-state index contributed by atoms with van der Waals surface area (Å²) in [6.07, 6.45) is 9.41. The van der Waals surface area contributed by atoms with E-state index < -0.39 is 6.48 Å². The summed E-state index contributed by atoms with van der Waals surface area (Å²) in [5.74, 6) is 7.99. The van der Waals surface area contributed by atoms with Crippen LogP contribution in [0.3, 0.4) is 0 Å². The molecule has 0 saturated heterocycles. The number of ether oxygens (including phenoxy) is 3. The van der Waals surface area contributed by atoms with Crippen molar-refractivity contribution in [1.29, 1.82) is 0 Å². The zero-order valence-electron chi connectivity index (χ0n) is 42.5. The number of hydrogen-bond donors (Lipinski definition) is 2. The summed E-state index contributed by atoms with van der Waals surface area (Å²) in [5.41, 5.74) is 12.8. The van der Waals surface area contributed by atoms with E-state index >= 15 is 0 Å². The minimum absolute atomic E-state index is 0. The van der Waals surface area contributed by atoms with Crippen LogP contribution in [-0.4, -0.2) is 52.9 Å². The Labute approximate surface area is 558 Å². The molecule has 13 nitrogen and oxygen atoms in total. The summed E-state index contributed by atoms with van der Waals surface area (Å²) in [7, 11) is 4.53. The summed E-state index contributed by atoms with van der Waals surface area (Å²) >= 11 is 0. The maximum atomic E-state index is 13.2. The predicted octanol–water partition coefficient (Wildman–Crippen LogP) is 7.66. The number of nitrogens with zero attached hydrogens (tertiary/aromatic N) is 4. The largest absolute Gasteiger partial charge is 0.470 e. The zero-order valence-corrected chi connectivity index (χ0v) is 59.5. The van der Waals surface area contributed by atoms with Gasteiger partial charge >= 0.3 is 0 Å². The smallest absolute Gasteiger partial charge is 0.270 e. The molecule has 9 rings (SSSR count). The molecule has 5 aromatic rings. The molecule has 0 saturated carbocycles. The maximum Gasteiger partial charge on any atom is 0.270 e. The van der Waals surface area contributed by atoms with E-state index in [1.165, 1.54) is 79.2 Å². The Hall–Kier alpha value is 1.05. The number of hydrogen-bond acceptors (Lipinski definition) is 11. The molecule has 19 heteroatoms. The van der Waals surface area contributed by atoms with Gasteiger partial charge in [0.15, 0.2) is 12.3 Å². The van der Waals surface area contributed by atoms with Gasteiger partial charge < -0.3 is 42.1 Å². The van der Waals surface area contributed by atoms with Gasteiger partial charge in [-0.3, -0.25) is 11.7 Å². The van der Waals surface area contributed by atoms with Crippen LogP contribution in [0.4, 0.5) is 0 Å². The number of pyridine rings is 2. The number of allylic oxidation sites excluding steroid dienone is 4. The molecule has 0 amide bonds. The van der Waals surface area contributed by atoms with Gasteiger partial charge in [0.2, 0.25) is 0 Å². The van der Waals surface area contributed by atoms with Crippen LogP contribution in [0.15, 0.2) is 68.9 Å². The van der Waals surface area contributed by atoms with Crippen molar-refractivity contribution in [2.45, 2.75) is 107 Å². The Morgan fingerprint density at radius 2 is 1.06 bits per heavy atom. The number of hydrazine groups is 1. The van der Waals surface area contributed by atoms with Gasteiger partial charge in [0, 0.05) is 239 Å². The summed E-state index contributed by atoms with van der Waals surface area (Å²) in [6, 6.07) is 17.1. The Balaban J connectivity index is 0.00000107. The van der Waals surface area contributed by atoms with E-state index in [4.69, 9.17) is 4.42 Å². The molecule has 0 spiro atoms. The van der Waals surface area contributed by atoms with Crippen molar-refractivity contribution < 1.29 is 220 Å². The molecule has 6 radical (unpaired) electrons. The fourth-order valence-corrected chi connectivity index (χ4v) is 9.60. The molecule has 3 aromatic heterocycles. The third kappa shape index (κ3) is 12.4. The first-order chi connectivity index (χ1) is 29.7. The van der Waals surface area contributed by atoms with Crippen molar-refractivity contribution >= 4 is 28.1 Å². The van der Waals surface area contributed by atoms with Crippen molar-refractivity contribution in [3.63, 3.8) is 0 Å². The van der Waals surface area contributed by atoms with Crippen LogP contribution in [0, 0.1) is 37.1 Å². The maximum absolute atomic E-state index is 13.2. The van der Waals surface area contributed by atoms with E-state index in [0.717, 1.165) is 24.2 Å². The predicted molar refractivity (Wildman–Crippen MR) is 245 cm³/mol. The molecule has 4 aliphatic rings. The van der Waals surface area contributed by atoms with Crippen molar-refractivity contribution in [3.8, 4) is 11.5 Å². The quantitative estimate of drug-likeness (QED) is 0.0580. The molecule has 0 atom stereocenters. The van der Waals surface area contributed by atoms with Gasteiger partial charge in [-0.05, 0) is 103 Å². The number of carbonyl (C=O) groups is 1. The third-order valence-electron chi connectivity index (χ3n) is 14.2. The first-order valence-corrected chi connectivity index (χ1v) is 20.9. The van der Waals surface area contributed by atoms with Crippen LogP contribution in [-0.2, 0) is 234 Å². The molecule has 5 heterocycles. The van der Waals surface area contributed by atoms with E-state index in [1.807, 2.05) is 13.8 Å². The van der Waals surface area contributed by atoms with E-state index in [2.05, 4.69) is 162 Å². The second-order valence-corrected chi connectivity index (χ2v) is 18.3. The Kier molecular flexibility index (Phi) is 28.3. The Morgan fingerprint density at radius 3 is 1.42 bits per heavy atom. The fraction of sp³-hybridized carbons (Fsp3) is 0.420. The van der Waals surface area contributed by atoms with Crippen molar-refractivity contribution in [2.24, 2.45) is 22.5 Å². The van der Waals surface area contributed by atoms with Crippen LogP contribution < -0.4 is 22.5 Å². The van der Waals surface area contributed by atoms with Crippen molar-refractivity contribution in [2.75, 3.05) is 21.3 Å². The summed E-state index contributed by atoms with van der Waals surface area (Å²) in [5, 5.41) is 7.68. The van der Waals surface area contributed by atoms with Gasteiger partial charge in [-0.15, -0.1) is 5.10 Å². The molecule has 0 bridgehead atoms. The van der Waals surface area contributed by atoms with Gasteiger partial charge in [0.25, 0.3) is 6.48 Å². The first-order valence-electron chi connectivity index (χ1n) is 20.9. The number of Topliss-reactive ketones (excluding diaryl/α,β-unsaturated/α-hetero) is 1. The number of benzene rings is 2. The second-order valence-electron chi connectivity index (χ2n) is 18.3. The average Bonchev–Trinajstić information content (AvgIpc) is 4.02. The van der Waals surface area contributed by atoms with Crippen LogP contribution in [0.25, 0.3) is 33.7 Å². The standard InChI is InChI=1S/C23H22N3O2.C23H24NO2.C4H10O3.H4N2.6Y/c1-13-19-16-10-14-8-6-7-9-15(14)18(16)22(2,3)23(4,5)26(19)11-17(20(13)27)21-25-24-12-28-21;1-13-20-17-11-15-9-7-8-10-16(15)19(17)22(3,4)23(5,6)24(20)12-18(14(2)25)21(13)26;1-5-4(6-2)7-3;1-2;;;;;;/h6-9,12H,10H2,1-5H3;7-10H,11H2,1-6H3;4H,1-3H3;1-2H2;;;;;;/q2*-1;;;;;;;;. The topological polar surface area (TPSA) is 180 Å². The zero-order chi connectivity index (χ0) is 46.6. The molecule has 0 unspecified atom stereocenters. The van der Waals surface area contributed by atoms with Crippen molar-refractivity contribution in [1.82, 2.24) is 19.3 Å². The monoisotopic (exact) mass is 1390 g/mol. The number of nitrogens with two attached hydrogens (primary N) is 2. The van der Waals surface area contributed by atoms with Gasteiger partial charge in [0.05, 0.1) is 5.78 Å². The number of rotatable bonds is 5. The minimum Gasteiger partial charge on any atom is -0.470 e. The number of fused-ring (bicyclic) bond motifs is 8. The SMILES string of the molecule is CC(=O)c1[c-]n2c(c(C)c1=O)C1=C(c3ccccc3C1)C(C)(C)C2(C)C.COC(OC)OC.Cc1c2n([c-]c(-c3nnco3)c1=O)C(C)(C)C(C)(C)C1=C2Cc2ccccc21.NN.[Y].[Y].[Y].[Y].[Y].[Y]. The Bertz CT molecular complexity index is 2790. The molecule has 0 fully saturated rings. The van der Waals surface area contributed by atoms with E-state index in [-0.39, 0.29) is 246 Å². The van der Waals surface area contributed by atoms with Gasteiger partial charge in [-0.1, -0.05) is 125 Å². The van der Waals surface area contributed by atoms with Gasteiger partial charge in [0.1, 0.15) is 10.9 Å². The summed E-state index contributed by atoms with van der Waals surface area (Å²) in [4.78, 5) is 38.0. The number of carbonyl (C=O) groups excluding carboxylic acids is 1. The van der Waals surface area contributed by atoms with Crippen LogP contribution in [0.2, 0.25) is 0 Å². The molecule has 2 aliphatic heterocycles. The van der Waals surface area contributed by atoms with E-state index in [1.54, 1.807) is 0 Å². The molecule has 2 aliphatic carbocycles. The molecular weight excluding hydrogens is 1330 g/mol. The summed E-state index contributed by atoms with van der Waals surface area (Å²) in [6.45, 7) is 22.5. The minimum atomic E-state index is -0.514. The molecular formula is C50H60N6O7Y6-2. The van der Waals surface area contributed by atoms with Gasteiger partial charge in [-0.2, -0.15) is 5.10 Å². The molecule has 4 N–H and O–H groups in total. The van der Waals surface area contributed by atoms with Gasteiger partial charge in [-0.25, -0.2) is 0 Å². The average molecular weight is 1390 g/mol. The number of methoxy groups -OCH3 is 3. The van der Waals surface area contributed by atoms with Crippen LogP contribution >= 0.6 is 0 Å². The molecule has 69 heavy (non-hydrogen) atoms. The third-order valence-corrected chi connectivity index (χ3v) is 14.2. The van der Waals surface area contributed by atoms with E-state index in [9.17, 15) is 14.4 Å². The van der Waals surface area contributed by atoms with Crippen molar-refractivity contribution in [3.05, 3.63) is 138 Å². The molecule has 2 aromatic carbocycles. The second kappa shape index (κ2) is 27.9. The number of ketones is 1. The van der Waals surface area contributed by atoms with Crippen LogP contribution in [0.1, 0.15) is 117 Å².